The molecule has 1 fully saturated rings. The summed E-state index contributed by atoms with van der Waals surface area (Å²) in [6, 6.07) is 14.7. The predicted octanol–water partition coefficient (Wildman–Crippen LogP) is 5.22. The Morgan fingerprint density at radius 3 is 2.64 bits per heavy atom. The van der Waals surface area contributed by atoms with Gasteiger partial charge in [-0.05, 0) is 29.9 Å². The summed E-state index contributed by atoms with van der Waals surface area (Å²) in [5.74, 6) is 1.18. The van der Waals surface area contributed by atoms with Crippen molar-refractivity contribution >= 4 is 39.8 Å². The Balaban J connectivity index is 1.53. The van der Waals surface area contributed by atoms with Gasteiger partial charge in [0.05, 0.1) is 48.9 Å². The number of piperazine rings is 1. The molecule has 39 heavy (non-hydrogen) atoms. The van der Waals surface area contributed by atoms with E-state index in [0.717, 1.165) is 51.5 Å². The fourth-order valence-corrected chi connectivity index (χ4v) is 6.31. The molecular formula is C30H35ClN6O2. The van der Waals surface area contributed by atoms with Gasteiger partial charge in [-0.2, -0.15) is 15.2 Å². The monoisotopic (exact) mass is 546 g/mol. The Kier molecular flexibility index (Phi) is 7.81. The van der Waals surface area contributed by atoms with E-state index in [4.69, 9.17) is 26.3 Å². The van der Waals surface area contributed by atoms with Crippen LogP contribution in [-0.2, 0) is 17.8 Å². The molecule has 2 aromatic carbocycles. The first-order valence-electron chi connectivity index (χ1n) is 13.6. The van der Waals surface area contributed by atoms with E-state index in [-0.39, 0.29) is 30.3 Å². The second kappa shape index (κ2) is 11.3. The third-order valence-corrected chi connectivity index (χ3v) is 8.27. The summed E-state index contributed by atoms with van der Waals surface area (Å²) in [6.45, 7) is 8.76. The van der Waals surface area contributed by atoms with Gasteiger partial charge in [0.25, 0.3) is 0 Å². The number of aromatic nitrogens is 2. The fraction of sp³-hybridized carbons (Fsp3) is 0.467. The van der Waals surface area contributed by atoms with E-state index >= 15 is 0 Å². The molecule has 2 atom stereocenters. The van der Waals surface area contributed by atoms with Crippen molar-refractivity contribution in [2.24, 2.45) is 5.92 Å². The minimum absolute atomic E-state index is 0.0147. The maximum absolute atomic E-state index is 13.0. The van der Waals surface area contributed by atoms with Gasteiger partial charge in [0.1, 0.15) is 5.82 Å². The average molecular weight is 547 g/mol. The number of fused-ring (bicyclic) bond motifs is 2. The molecule has 3 aromatic rings. The van der Waals surface area contributed by atoms with Gasteiger partial charge < -0.3 is 19.4 Å². The third-order valence-electron chi connectivity index (χ3n) is 7.95. The summed E-state index contributed by atoms with van der Waals surface area (Å²) >= 11 is 6.65. The summed E-state index contributed by atoms with van der Waals surface area (Å²) in [5, 5.41) is 12.5. The van der Waals surface area contributed by atoms with Crippen LogP contribution in [0.2, 0.25) is 5.02 Å². The van der Waals surface area contributed by atoms with Crippen molar-refractivity contribution in [1.29, 1.82) is 5.26 Å². The van der Waals surface area contributed by atoms with E-state index in [1.807, 2.05) is 24.0 Å². The molecule has 1 saturated heterocycles. The van der Waals surface area contributed by atoms with Crippen LogP contribution < -0.4 is 14.5 Å². The minimum atomic E-state index is -0.196. The van der Waals surface area contributed by atoms with Gasteiger partial charge in [0, 0.05) is 42.7 Å². The van der Waals surface area contributed by atoms with Crippen molar-refractivity contribution in [1.82, 2.24) is 14.9 Å². The average Bonchev–Trinajstić information content (AvgIpc) is 2.95. The first-order valence-corrected chi connectivity index (χ1v) is 14.0. The van der Waals surface area contributed by atoms with Gasteiger partial charge in [-0.1, -0.05) is 56.6 Å². The number of nitrogens with zero attached hydrogens (tertiary/aromatic N) is 6. The fourth-order valence-electron chi connectivity index (χ4n) is 6.03. The van der Waals surface area contributed by atoms with Crippen LogP contribution in [0.25, 0.3) is 10.8 Å². The van der Waals surface area contributed by atoms with Crippen molar-refractivity contribution in [3.05, 3.63) is 52.7 Å². The van der Waals surface area contributed by atoms with Crippen molar-refractivity contribution < 1.29 is 9.53 Å². The highest BCUT2D eigenvalue weighted by molar-refractivity contribution is 6.36. The number of nitriles is 1. The summed E-state index contributed by atoms with van der Waals surface area (Å²) in [5.41, 5.74) is 3.12. The molecule has 0 N–H and O–H groups in total. The molecule has 0 aliphatic carbocycles. The van der Waals surface area contributed by atoms with Gasteiger partial charge in [-0.25, -0.2) is 0 Å². The molecule has 2 aliphatic heterocycles. The lowest BCUT2D eigenvalue weighted by atomic mass is 9.93. The molecule has 0 saturated carbocycles. The van der Waals surface area contributed by atoms with Gasteiger partial charge >= 0.3 is 6.01 Å². The highest BCUT2D eigenvalue weighted by Gasteiger charge is 2.40. The predicted molar refractivity (Wildman–Crippen MR) is 154 cm³/mol. The van der Waals surface area contributed by atoms with Gasteiger partial charge in [-0.3, -0.25) is 4.79 Å². The Morgan fingerprint density at radius 1 is 1.18 bits per heavy atom. The molecule has 2 unspecified atom stereocenters. The zero-order valence-corrected chi connectivity index (χ0v) is 23.8. The molecule has 9 heteroatoms. The van der Waals surface area contributed by atoms with Crippen LogP contribution in [0.4, 0.5) is 11.5 Å². The number of benzene rings is 2. The Hall–Kier alpha value is -3.57. The zero-order valence-electron chi connectivity index (χ0n) is 23.0. The Bertz CT molecular complexity index is 1420. The second-order valence-electron chi connectivity index (χ2n) is 10.6. The molecule has 0 spiro atoms. The maximum Gasteiger partial charge on any atom is 0.318 e. The summed E-state index contributed by atoms with van der Waals surface area (Å²) in [6.07, 6.45) is 1.47. The number of anilines is 2. The number of ether oxygens (including phenoxy) is 1. The van der Waals surface area contributed by atoms with Crippen molar-refractivity contribution in [3.8, 4) is 12.1 Å². The van der Waals surface area contributed by atoms with Crippen LogP contribution in [0.5, 0.6) is 6.01 Å². The van der Waals surface area contributed by atoms with Crippen LogP contribution in [0, 0.1) is 17.2 Å². The van der Waals surface area contributed by atoms with Crippen LogP contribution >= 0.6 is 11.6 Å². The van der Waals surface area contributed by atoms with Crippen LogP contribution in [0.3, 0.4) is 0 Å². The van der Waals surface area contributed by atoms with E-state index < -0.39 is 0 Å². The molecule has 8 nitrogen and oxygen atoms in total. The third kappa shape index (κ3) is 5.08. The molecule has 204 valence electrons. The standard InChI is InChI=1S/C30H35ClN6O2/c1-5-27(38)37-21(12-14-32)16-36(18-26(37)19(2)3)29-22-13-15-35(17-24(22)33-30(34-29)39-4)25-11-7-9-20-8-6-10-23(31)28(20)25/h6-11,19,21,26H,5,12-13,15-18H2,1-4H3. The Labute approximate surface area is 235 Å². The van der Waals surface area contributed by atoms with E-state index in [1.165, 1.54) is 0 Å². The number of amides is 1. The second-order valence-corrected chi connectivity index (χ2v) is 11.0. The number of hydrogen-bond acceptors (Lipinski definition) is 7. The van der Waals surface area contributed by atoms with Gasteiger partial charge in [0.2, 0.25) is 5.91 Å². The zero-order chi connectivity index (χ0) is 27.7. The molecule has 2 aliphatic rings. The molecule has 0 radical (unpaired) electrons. The van der Waals surface area contributed by atoms with Crippen LogP contribution in [0.15, 0.2) is 36.4 Å². The number of hydrogen-bond donors (Lipinski definition) is 0. The first-order chi connectivity index (χ1) is 18.9. The molecule has 1 amide bonds. The number of carbonyl (C=O) groups is 1. The summed E-state index contributed by atoms with van der Waals surface area (Å²) in [7, 11) is 1.59. The van der Waals surface area contributed by atoms with E-state index in [0.29, 0.717) is 32.1 Å². The van der Waals surface area contributed by atoms with Crippen molar-refractivity contribution in [2.75, 3.05) is 36.5 Å². The van der Waals surface area contributed by atoms with Crippen molar-refractivity contribution in [3.63, 3.8) is 0 Å². The summed E-state index contributed by atoms with van der Waals surface area (Å²) < 4.78 is 5.56. The van der Waals surface area contributed by atoms with Crippen LogP contribution in [-0.4, -0.2) is 59.6 Å². The molecule has 0 bridgehead atoms. The lowest BCUT2D eigenvalue weighted by Gasteiger charge is -2.49. The smallest absolute Gasteiger partial charge is 0.318 e. The SMILES string of the molecule is CCC(=O)N1C(CC#N)CN(c2nc(OC)nc3c2CCN(c2cccc4cccc(Cl)c24)C3)CC1C(C)C. The Morgan fingerprint density at radius 2 is 1.95 bits per heavy atom. The quantitative estimate of drug-likeness (QED) is 0.419. The van der Waals surface area contributed by atoms with Gasteiger partial charge in [0.15, 0.2) is 0 Å². The molecular weight excluding hydrogens is 512 g/mol. The lowest BCUT2D eigenvalue weighted by Crippen LogP contribution is -2.62. The highest BCUT2D eigenvalue weighted by Crippen LogP contribution is 2.38. The van der Waals surface area contributed by atoms with E-state index in [2.05, 4.69) is 54.0 Å². The normalized spacial score (nSPS) is 19.3. The summed E-state index contributed by atoms with van der Waals surface area (Å²) in [4.78, 5) is 29.1. The number of rotatable bonds is 6. The highest BCUT2D eigenvalue weighted by atomic mass is 35.5. The van der Waals surface area contributed by atoms with Crippen molar-refractivity contribution in [2.45, 2.75) is 58.7 Å². The molecule has 3 heterocycles. The first kappa shape index (κ1) is 27.0. The largest absolute Gasteiger partial charge is 0.467 e. The lowest BCUT2D eigenvalue weighted by molar-refractivity contribution is -0.137. The molecule has 5 rings (SSSR count). The number of carbonyl (C=O) groups excluding carboxylic acids is 1. The van der Waals surface area contributed by atoms with E-state index in [9.17, 15) is 10.1 Å². The number of methoxy groups -OCH3 is 1. The van der Waals surface area contributed by atoms with Crippen LogP contribution in [0.1, 0.15) is 44.9 Å². The molecule has 1 aromatic heterocycles. The maximum atomic E-state index is 13.0. The number of halogens is 1. The minimum Gasteiger partial charge on any atom is -0.467 e. The van der Waals surface area contributed by atoms with E-state index in [1.54, 1.807) is 7.11 Å². The topological polar surface area (TPSA) is 85.6 Å². The van der Waals surface area contributed by atoms with Gasteiger partial charge in [-0.15, -0.1) is 0 Å².